The van der Waals surface area contributed by atoms with E-state index >= 15 is 0 Å². The van der Waals surface area contributed by atoms with Gasteiger partial charge in [-0.15, -0.1) is 4.40 Å². The Morgan fingerprint density at radius 2 is 2.00 bits per heavy atom. The Kier molecular flexibility index (Phi) is 6.06. The van der Waals surface area contributed by atoms with E-state index in [1.807, 2.05) is 4.90 Å². The third-order valence-electron chi connectivity index (χ3n) is 6.25. The lowest BCUT2D eigenvalue weighted by molar-refractivity contribution is -0.122. The molecular weight excluding hydrogens is 480 g/mol. The third kappa shape index (κ3) is 4.84. The summed E-state index contributed by atoms with van der Waals surface area (Å²) in [7, 11) is -7.87. The predicted octanol–water partition coefficient (Wildman–Crippen LogP) is 2.62. The highest BCUT2D eigenvalue weighted by Crippen LogP contribution is 2.38. The van der Waals surface area contributed by atoms with Gasteiger partial charge in [0.1, 0.15) is 16.2 Å². The monoisotopic (exact) mass is 510 g/mol. The van der Waals surface area contributed by atoms with Crippen LogP contribution in [0, 0.1) is 5.41 Å². The molecule has 0 aliphatic carbocycles. The first-order chi connectivity index (χ1) is 15.7. The average Bonchev–Trinajstić information content (AvgIpc) is 3.16. The number of sulfonamides is 2. The van der Waals surface area contributed by atoms with Crippen LogP contribution in [-0.2, 0) is 24.8 Å². The van der Waals surface area contributed by atoms with Crippen LogP contribution in [0.25, 0.3) is 0 Å². The van der Waals surface area contributed by atoms with Crippen molar-refractivity contribution in [3.8, 4) is 0 Å². The summed E-state index contributed by atoms with van der Waals surface area (Å²) in [5.74, 6) is -0.707. The summed E-state index contributed by atoms with van der Waals surface area (Å²) in [6.45, 7) is 6.98. The lowest BCUT2D eigenvalue weighted by Gasteiger charge is -2.38. The number of anilines is 2. The molecule has 0 saturated carbocycles. The van der Waals surface area contributed by atoms with Crippen LogP contribution in [0.2, 0.25) is 0 Å². The lowest BCUT2D eigenvalue weighted by atomic mass is 9.84. The van der Waals surface area contributed by atoms with Crippen LogP contribution in [0.15, 0.2) is 38.8 Å². The molecule has 1 aromatic rings. The first-order valence-corrected chi connectivity index (χ1v) is 14.5. The van der Waals surface area contributed by atoms with Crippen molar-refractivity contribution >= 4 is 43.0 Å². The Hall–Kier alpha value is -2.44. The number of fused-ring (bicyclic) bond motifs is 2. The molecule has 10 nitrogen and oxygen atoms in total. The molecule has 0 unspecified atom stereocenters. The number of benzene rings is 1. The fourth-order valence-corrected chi connectivity index (χ4v) is 6.42. The van der Waals surface area contributed by atoms with Crippen molar-refractivity contribution in [3.63, 3.8) is 0 Å². The molecule has 12 heteroatoms. The number of nitrogens with one attached hydrogen (secondary N) is 2. The molecule has 3 heterocycles. The van der Waals surface area contributed by atoms with Gasteiger partial charge in [0, 0.05) is 5.69 Å². The largest absolute Gasteiger partial charge is 0.510 e. The summed E-state index contributed by atoms with van der Waals surface area (Å²) >= 11 is 0. The van der Waals surface area contributed by atoms with Gasteiger partial charge in [0.25, 0.3) is 10.0 Å². The molecule has 1 aromatic carbocycles. The highest BCUT2D eigenvalue weighted by atomic mass is 32.2. The van der Waals surface area contributed by atoms with Gasteiger partial charge in [-0.05, 0) is 55.8 Å². The zero-order valence-corrected chi connectivity index (χ0v) is 21.3. The second-order valence-corrected chi connectivity index (χ2v) is 13.6. The molecule has 0 aromatic heterocycles. The molecule has 4 rings (SSSR count). The van der Waals surface area contributed by atoms with Crippen LogP contribution in [0.1, 0.15) is 46.5 Å². The highest BCUT2D eigenvalue weighted by molar-refractivity contribution is 7.92. The molecule has 0 spiro atoms. The fourth-order valence-electron chi connectivity index (χ4n) is 4.71. The number of Topliss-reactive ketones (excluding diaryl/α,β-unsaturated/α-hetero) is 1. The van der Waals surface area contributed by atoms with Crippen molar-refractivity contribution in [2.24, 2.45) is 9.81 Å². The van der Waals surface area contributed by atoms with Gasteiger partial charge in [0.15, 0.2) is 11.6 Å². The van der Waals surface area contributed by atoms with E-state index in [9.17, 15) is 26.7 Å². The van der Waals surface area contributed by atoms with E-state index < -0.39 is 26.1 Å². The SMILES string of the molecule is CC(C)(C)CC[C@H]1C(=O)C(C2=NS(=O)(=O)c3cc(NS(C)(=O)=O)ccc3N2)=C(O)[C@@H]2CCCN12. The number of aliphatic hydroxyl groups excluding tert-OH is 1. The number of amidine groups is 1. The number of ketones is 1. The summed E-state index contributed by atoms with van der Waals surface area (Å²) in [5, 5.41) is 13.9. The van der Waals surface area contributed by atoms with Crippen LogP contribution in [-0.4, -0.2) is 63.3 Å². The smallest absolute Gasteiger partial charge is 0.286 e. The van der Waals surface area contributed by atoms with Gasteiger partial charge in [0.05, 0.1) is 24.0 Å². The maximum absolute atomic E-state index is 13.6. The zero-order chi connectivity index (χ0) is 25.1. The number of hydrogen-bond acceptors (Lipinski definition) is 8. The van der Waals surface area contributed by atoms with E-state index in [1.165, 1.54) is 18.2 Å². The normalized spacial score (nSPS) is 24.8. The molecule has 0 bridgehead atoms. The predicted molar refractivity (Wildman–Crippen MR) is 130 cm³/mol. The fraction of sp³-hybridized carbons (Fsp3) is 0.545. The van der Waals surface area contributed by atoms with Gasteiger partial charge in [-0.3, -0.25) is 14.4 Å². The van der Waals surface area contributed by atoms with Gasteiger partial charge >= 0.3 is 0 Å². The molecule has 0 amide bonds. The van der Waals surface area contributed by atoms with Gasteiger partial charge in [0.2, 0.25) is 10.0 Å². The van der Waals surface area contributed by atoms with Crippen LogP contribution in [0.3, 0.4) is 0 Å². The molecule has 1 saturated heterocycles. The Morgan fingerprint density at radius 3 is 2.65 bits per heavy atom. The van der Waals surface area contributed by atoms with Gasteiger partial charge < -0.3 is 10.4 Å². The molecule has 3 N–H and O–H groups in total. The Balaban J connectivity index is 1.73. The number of rotatable bonds is 5. The third-order valence-corrected chi connectivity index (χ3v) is 8.17. The molecule has 186 valence electrons. The van der Waals surface area contributed by atoms with E-state index in [-0.39, 0.29) is 50.7 Å². The molecule has 3 aliphatic heterocycles. The molecular formula is C22H30N4O6S2. The summed E-state index contributed by atoms with van der Waals surface area (Å²) < 4.78 is 55.1. The van der Waals surface area contributed by atoms with Crippen molar-refractivity contribution in [1.29, 1.82) is 0 Å². The minimum absolute atomic E-state index is 0.0134. The number of carbonyl (C=O) groups excluding carboxylic acids is 1. The maximum atomic E-state index is 13.6. The molecule has 34 heavy (non-hydrogen) atoms. The quantitative estimate of drug-likeness (QED) is 0.548. The first-order valence-electron chi connectivity index (χ1n) is 11.1. The zero-order valence-electron chi connectivity index (χ0n) is 19.6. The topological polar surface area (TPSA) is 145 Å². The Bertz CT molecular complexity index is 1310. The van der Waals surface area contributed by atoms with E-state index in [0.717, 1.165) is 19.1 Å². The second kappa shape index (κ2) is 8.35. The molecule has 2 atom stereocenters. The molecule has 0 radical (unpaired) electrons. The van der Waals surface area contributed by atoms with Gasteiger partial charge in [-0.1, -0.05) is 20.8 Å². The highest BCUT2D eigenvalue weighted by Gasteiger charge is 2.46. The average molecular weight is 511 g/mol. The van der Waals surface area contributed by atoms with E-state index in [1.54, 1.807) is 0 Å². The van der Waals surface area contributed by atoms with Crippen molar-refractivity contribution in [2.75, 3.05) is 22.8 Å². The van der Waals surface area contributed by atoms with Gasteiger partial charge in [-0.25, -0.2) is 8.42 Å². The van der Waals surface area contributed by atoms with Crippen molar-refractivity contribution in [3.05, 3.63) is 29.5 Å². The summed E-state index contributed by atoms with van der Waals surface area (Å²) in [4.78, 5) is 15.4. The van der Waals surface area contributed by atoms with Crippen LogP contribution >= 0.6 is 0 Å². The molecule has 3 aliphatic rings. The van der Waals surface area contributed by atoms with Crippen LogP contribution < -0.4 is 10.0 Å². The van der Waals surface area contributed by atoms with Crippen molar-refractivity contribution in [1.82, 2.24) is 4.90 Å². The van der Waals surface area contributed by atoms with Gasteiger partial charge in [-0.2, -0.15) is 8.42 Å². The summed E-state index contributed by atoms with van der Waals surface area (Å²) in [5.41, 5.74) is 0.149. The summed E-state index contributed by atoms with van der Waals surface area (Å²) in [6.07, 6.45) is 3.84. The minimum Gasteiger partial charge on any atom is -0.510 e. The van der Waals surface area contributed by atoms with E-state index in [2.05, 4.69) is 35.2 Å². The molecule has 1 fully saturated rings. The minimum atomic E-state index is -4.26. The lowest BCUT2D eigenvalue weighted by Crippen LogP contribution is -2.52. The van der Waals surface area contributed by atoms with E-state index in [0.29, 0.717) is 19.4 Å². The van der Waals surface area contributed by atoms with Crippen molar-refractivity contribution < 1.29 is 26.7 Å². The first kappa shape index (κ1) is 24.7. The van der Waals surface area contributed by atoms with Crippen LogP contribution in [0.4, 0.5) is 11.4 Å². The Labute approximate surface area is 200 Å². The van der Waals surface area contributed by atoms with Crippen LogP contribution in [0.5, 0.6) is 0 Å². The second-order valence-electron chi connectivity index (χ2n) is 10.3. The summed E-state index contributed by atoms with van der Waals surface area (Å²) in [6, 6.07) is 3.16. The maximum Gasteiger partial charge on any atom is 0.286 e. The number of carbonyl (C=O) groups is 1. The van der Waals surface area contributed by atoms with E-state index in [4.69, 9.17) is 0 Å². The number of aliphatic hydroxyl groups is 1. The number of nitrogens with zero attached hydrogens (tertiary/aromatic N) is 2. The standard InChI is InChI=1S/C22H30N4O6S2/c1-22(2,3)10-9-16-20(28)18(19(27)15-6-5-11-26(15)16)21-23-14-8-7-13(24-33(4,29)30)12-17(14)34(31,32)25-21/h7-8,12,15-16,24,27H,5-6,9-11H2,1-4H3,(H,23,25)/t15-,16-/m0/s1. The number of hydrogen-bond donors (Lipinski definition) is 3. The Morgan fingerprint density at radius 1 is 1.29 bits per heavy atom. The van der Waals surface area contributed by atoms with Crippen molar-refractivity contribution in [2.45, 2.75) is 63.4 Å².